The van der Waals surface area contributed by atoms with Crippen molar-refractivity contribution in [2.24, 2.45) is 0 Å². The van der Waals surface area contributed by atoms with E-state index < -0.39 is 12.0 Å². The molecule has 1 aliphatic heterocycles. The van der Waals surface area contributed by atoms with Gasteiger partial charge in [-0.1, -0.05) is 0 Å². The second-order valence-corrected chi connectivity index (χ2v) is 7.38. The first kappa shape index (κ1) is 18.0. The number of rotatable bonds is 3. The van der Waals surface area contributed by atoms with E-state index in [1.807, 2.05) is 0 Å². The van der Waals surface area contributed by atoms with Crippen molar-refractivity contribution in [1.29, 1.82) is 0 Å². The molecule has 0 saturated heterocycles. The lowest BCUT2D eigenvalue weighted by molar-refractivity contribution is -0.145. The summed E-state index contributed by atoms with van der Waals surface area (Å²) in [6, 6.07) is 6.16. The molecule has 9 heteroatoms. The maximum absolute atomic E-state index is 13.0. The van der Waals surface area contributed by atoms with E-state index in [9.17, 15) is 17.6 Å². The number of aromatic nitrogens is 3. The molecular weight excluding hydrogens is 380 g/mol. The van der Waals surface area contributed by atoms with E-state index in [0.717, 1.165) is 21.0 Å². The zero-order chi connectivity index (χ0) is 19.0. The molecule has 0 unspecified atom stereocenters. The summed E-state index contributed by atoms with van der Waals surface area (Å²) in [6.07, 6.45) is -1.02. The average molecular weight is 394 g/mol. The third kappa shape index (κ3) is 3.98. The number of fused-ring (bicyclic) bond motifs is 1. The molecule has 0 fully saturated rings. The standard InChI is InChI=1S/C18H14F4N4S/c19-13-3-1-11(2-4-13)16-23-8-14(27-16)10-26-6-5-15-12(9-26)7-24-17(25-15)18(20,21)22/h1-4,7-8H,5-6,9-10H2. The molecule has 0 N–H and O–H groups in total. The lowest BCUT2D eigenvalue weighted by Gasteiger charge is -2.27. The summed E-state index contributed by atoms with van der Waals surface area (Å²) in [5, 5.41) is 0.806. The van der Waals surface area contributed by atoms with Crippen molar-refractivity contribution in [3.05, 3.63) is 64.4 Å². The van der Waals surface area contributed by atoms with Gasteiger partial charge in [0.05, 0.1) is 5.69 Å². The lowest BCUT2D eigenvalue weighted by atomic mass is 10.1. The molecule has 3 heterocycles. The first-order chi connectivity index (χ1) is 12.9. The van der Waals surface area contributed by atoms with Gasteiger partial charge in [-0.25, -0.2) is 19.3 Å². The Labute approximate surface area is 156 Å². The zero-order valence-corrected chi connectivity index (χ0v) is 14.8. The monoisotopic (exact) mass is 394 g/mol. The highest BCUT2D eigenvalue weighted by Gasteiger charge is 2.35. The fourth-order valence-electron chi connectivity index (χ4n) is 2.97. The summed E-state index contributed by atoms with van der Waals surface area (Å²) in [5.41, 5.74) is 2.03. The van der Waals surface area contributed by atoms with E-state index >= 15 is 0 Å². The Kier molecular flexibility index (Phi) is 4.65. The van der Waals surface area contributed by atoms with Crippen LogP contribution in [0.5, 0.6) is 0 Å². The van der Waals surface area contributed by atoms with Gasteiger partial charge in [0, 0.05) is 54.5 Å². The Bertz CT molecular complexity index is 953. The van der Waals surface area contributed by atoms with Crippen LogP contribution in [0.1, 0.15) is 22.0 Å². The van der Waals surface area contributed by atoms with Crippen molar-refractivity contribution in [2.45, 2.75) is 25.7 Å². The smallest absolute Gasteiger partial charge is 0.293 e. The van der Waals surface area contributed by atoms with Gasteiger partial charge in [-0.3, -0.25) is 4.90 Å². The highest BCUT2D eigenvalue weighted by molar-refractivity contribution is 7.15. The Morgan fingerprint density at radius 3 is 2.59 bits per heavy atom. The maximum Gasteiger partial charge on any atom is 0.451 e. The second kappa shape index (κ2) is 6.97. The number of halogens is 4. The predicted molar refractivity (Wildman–Crippen MR) is 92.4 cm³/mol. The van der Waals surface area contributed by atoms with Crippen LogP contribution in [-0.4, -0.2) is 26.4 Å². The molecule has 0 atom stereocenters. The van der Waals surface area contributed by atoms with Gasteiger partial charge in [0.15, 0.2) is 0 Å². The molecule has 27 heavy (non-hydrogen) atoms. The van der Waals surface area contributed by atoms with Crippen molar-refractivity contribution < 1.29 is 17.6 Å². The van der Waals surface area contributed by atoms with Crippen LogP contribution >= 0.6 is 11.3 Å². The number of alkyl halides is 3. The average Bonchev–Trinajstić information content (AvgIpc) is 3.09. The molecule has 2 aromatic heterocycles. The third-order valence-corrected chi connectivity index (χ3v) is 5.32. The van der Waals surface area contributed by atoms with Crippen molar-refractivity contribution in [3.63, 3.8) is 0 Å². The topological polar surface area (TPSA) is 41.9 Å². The lowest BCUT2D eigenvalue weighted by Crippen LogP contribution is -2.31. The molecule has 4 rings (SSSR count). The van der Waals surface area contributed by atoms with Crippen LogP contribution in [0, 0.1) is 5.82 Å². The van der Waals surface area contributed by atoms with Gasteiger partial charge in [0.1, 0.15) is 10.8 Å². The molecule has 0 aliphatic carbocycles. The molecule has 0 saturated carbocycles. The molecule has 140 valence electrons. The minimum Gasteiger partial charge on any atom is -0.293 e. The number of benzene rings is 1. The van der Waals surface area contributed by atoms with Gasteiger partial charge in [-0.05, 0) is 24.3 Å². The van der Waals surface area contributed by atoms with Gasteiger partial charge >= 0.3 is 6.18 Å². The van der Waals surface area contributed by atoms with E-state index in [-0.39, 0.29) is 5.82 Å². The Hall–Kier alpha value is -2.39. The van der Waals surface area contributed by atoms with Crippen molar-refractivity contribution in [1.82, 2.24) is 19.9 Å². The first-order valence-electron chi connectivity index (χ1n) is 8.23. The highest BCUT2D eigenvalue weighted by Crippen LogP contribution is 2.29. The molecule has 3 aromatic rings. The summed E-state index contributed by atoms with van der Waals surface area (Å²) in [7, 11) is 0. The van der Waals surface area contributed by atoms with Gasteiger partial charge < -0.3 is 0 Å². The van der Waals surface area contributed by atoms with E-state index in [0.29, 0.717) is 31.7 Å². The van der Waals surface area contributed by atoms with Crippen molar-refractivity contribution in [3.8, 4) is 10.6 Å². The van der Waals surface area contributed by atoms with Crippen molar-refractivity contribution in [2.75, 3.05) is 6.54 Å². The summed E-state index contributed by atoms with van der Waals surface area (Å²) >= 11 is 1.52. The Morgan fingerprint density at radius 1 is 1.07 bits per heavy atom. The zero-order valence-electron chi connectivity index (χ0n) is 14.0. The fourth-order valence-corrected chi connectivity index (χ4v) is 3.93. The SMILES string of the molecule is Fc1ccc(-c2ncc(CN3CCc4nc(C(F)(F)F)ncc4C3)s2)cc1. The van der Waals surface area contributed by atoms with Gasteiger partial charge in [0.2, 0.25) is 5.82 Å². The minimum absolute atomic E-state index is 0.293. The number of nitrogens with zero attached hydrogens (tertiary/aromatic N) is 4. The van der Waals surface area contributed by atoms with E-state index in [2.05, 4.69) is 19.9 Å². The van der Waals surface area contributed by atoms with Crippen LogP contribution in [0.2, 0.25) is 0 Å². The number of thiazole rings is 1. The summed E-state index contributed by atoms with van der Waals surface area (Å²) in [4.78, 5) is 14.7. The molecule has 1 aliphatic rings. The molecule has 4 nitrogen and oxygen atoms in total. The van der Waals surface area contributed by atoms with Crippen LogP contribution in [0.3, 0.4) is 0 Å². The predicted octanol–water partition coefficient (Wildman–Crippen LogP) is 4.32. The van der Waals surface area contributed by atoms with Gasteiger partial charge in [0.25, 0.3) is 0 Å². The summed E-state index contributed by atoms with van der Waals surface area (Å²) in [5.74, 6) is -1.38. The van der Waals surface area contributed by atoms with Gasteiger partial charge in [-0.15, -0.1) is 11.3 Å². The minimum atomic E-state index is -4.52. The maximum atomic E-state index is 13.0. The van der Waals surface area contributed by atoms with Crippen LogP contribution < -0.4 is 0 Å². The van der Waals surface area contributed by atoms with Crippen molar-refractivity contribution >= 4 is 11.3 Å². The summed E-state index contributed by atoms with van der Waals surface area (Å²) < 4.78 is 51.2. The molecule has 0 spiro atoms. The normalized spacial score (nSPS) is 15.0. The second-order valence-electron chi connectivity index (χ2n) is 6.26. The van der Waals surface area contributed by atoms with Crippen LogP contribution in [0.4, 0.5) is 17.6 Å². The van der Waals surface area contributed by atoms with Gasteiger partial charge in [-0.2, -0.15) is 13.2 Å². The van der Waals surface area contributed by atoms with E-state index in [1.165, 1.54) is 29.7 Å². The van der Waals surface area contributed by atoms with E-state index in [1.54, 1.807) is 18.3 Å². The Morgan fingerprint density at radius 2 is 1.85 bits per heavy atom. The van der Waals surface area contributed by atoms with Crippen LogP contribution in [0.15, 0.2) is 36.7 Å². The highest BCUT2D eigenvalue weighted by atomic mass is 32.1. The molecule has 0 radical (unpaired) electrons. The quantitative estimate of drug-likeness (QED) is 0.621. The van der Waals surface area contributed by atoms with Crippen LogP contribution in [-0.2, 0) is 25.7 Å². The first-order valence-corrected chi connectivity index (χ1v) is 9.05. The number of hydrogen-bond donors (Lipinski definition) is 0. The number of hydrogen-bond acceptors (Lipinski definition) is 5. The molecule has 1 aromatic carbocycles. The largest absolute Gasteiger partial charge is 0.451 e. The molecular formula is C18H14F4N4S. The third-order valence-electron chi connectivity index (χ3n) is 4.29. The molecule has 0 bridgehead atoms. The Balaban J connectivity index is 1.45. The molecule has 0 amide bonds. The summed E-state index contributed by atoms with van der Waals surface area (Å²) in [6.45, 7) is 1.75. The van der Waals surface area contributed by atoms with Crippen LogP contribution in [0.25, 0.3) is 10.6 Å². The fraction of sp³-hybridized carbons (Fsp3) is 0.278. The van der Waals surface area contributed by atoms with E-state index in [4.69, 9.17) is 0 Å².